The highest BCUT2D eigenvalue weighted by molar-refractivity contribution is 5.93. The molecule has 0 spiro atoms. The number of ether oxygens (including phenoxy) is 2. The van der Waals surface area contributed by atoms with Gasteiger partial charge in [-0.05, 0) is 38.1 Å². The zero-order valence-electron chi connectivity index (χ0n) is 19.1. The summed E-state index contributed by atoms with van der Waals surface area (Å²) < 4.78 is 55.5. The van der Waals surface area contributed by atoms with E-state index < -0.39 is 30.8 Å². The zero-order valence-corrected chi connectivity index (χ0v) is 19.1. The number of amides is 1. The van der Waals surface area contributed by atoms with Crippen LogP contribution in [0.1, 0.15) is 28.7 Å². The molecule has 0 saturated carbocycles. The monoisotopic (exact) mass is 488 g/mol. The van der Waals surface area contributed by atoms with Crippen LogP contribution in [-0.2, 0) is 13.0 Å². The Morgan fingerprint density at radius 3 is 2.74 bits per heavy atom. The number of benzene rings is 1. The lowest BCUT2D eigenvalue weighted by Crippen LogP contribution is -2.50. The van der Waals surface area contributed by atoms with Crippen LogP contribution in [0.15, 0.2) is 41.6 Å². The van der Waals surface area contributed by atoms with E-state index >= 15 is 0 Å². The Kier molecular flexibility index (Phi) is 5.57. The Hall–Kier alpha value is -3.76. The second kappa shape index (κ2) is 8.47. The van der Waals surface area contributed by atoms with Gasteiger partial charge in [-0.1, -0.05) is 0 Å². The Morgan fingerprint density at radius 2 is 2.00 bits per heavy atom. The molecule has 35 heavy (non-hydrogen) atoms. The maximum absolute atomic E-state index is 14.0. The number of pyridine rings is 1. The van der Waals surface area contributed by atoms with Gasteiger partial charge in [0, 0.05) is 31.3 Å². The molecule has 2 aromatic heterocycles. The number of imidazole rings is 1. The fraction of sp³-hybridized carbons (Fsp3) is 0.375. The number of nitrogens with zero attached hydrogens (tertiary/aromatic N) is 4. The van der Waals surface area contributed by atoms with Gasteiger partial charge in [0.15, 0.2) is 18.2 Å². The average molecular weight is 488 g/mol. The lowest BCUT2D eigenvalue weighted by molar-refractivity contribution is -0.0535. The summed E-state index contributed by atoms with van der Waals surface area (Å²) in [6, 6.07) is 5.15. The third-order valence-electron chi connectivity index (χ3n) is 6.23. The van der Waals surface area contributed by atoms with Gasteiger partial charge in [-0.25, -0.2) is 18.2 Å². The first-order valence-corrected chi connectivity index (χ1v) is 11.2. The predicted octanol–water partition coefficient (Wildman–Crippen LogP) is 2.98. The maximum atomic E-state index is 14.0. The van der Waals surface area contributed by atoms with Gasteiger partial charge in [0.05, 0.1) is 18.1 Å². The van der Waals surface area contributed by atoms with Crippen LogP contribution in [0.3, 0.4) is 0 Å². The van der Waals surface area contributed by atoms with Crippen LogP contribution in [0.5, 0.6) is 11.5 Å². The van der Waals surface area contributed by atoms with Crippen molar-refractivity contribution >= 4 is 5.91 Å². The van der Waals surface area contributed by atoms with E-state index in [9.17, 15) is 22.8 Å². The van der Waals surface area contributed by atoms with E-state index in [2.05, 4.69) is 4.98 Å². The third-order valence-corrected chi connectivity index (χ3v) is 6.23. The van der Waals surface area contributed by atoms with Crippen molar-refractivity contribution < 1.29 is 27.4 Å². The van der Waals surface area contributed by atoms with Crippen molar-refractivity contribution in [3.05, 3.63) is 69.9 Å². The molecule has 1 atom stereocenters. The molecule has 0 N–H and O–H groups in total. The van der Waals surface area contributed by atoms with Crippen molar-refractivity contribution in [3.8, 4) is 17.2 Å². The van der Waals surface area contributed by atoms with Crippen molar-refractivity contribution in [2.24, 2.45) is 0 Å². The van der Waals surface area contributed by atoms with E-state index in [1.54, 1.807) is 41.0 Å². The fourth-order valence-corrected chi connectivity index (χ4v) is 4.43. The van der Waals surface area contributed by atoms with Crippen LogP contribution in [0.2, 0.25) is 0 Å². The van der Waals surface area contributed by atoms with E-state index in [0.29, 0.717) is 5.69 Å². The molecule has 184 valence electrons. The van der Waals surface area contributed by atoms with Gasteiger partial charge in [-0.15, -0.1) is 0 Å². The number of aromatic nitrogens is 3. The Labute approximate surface area is 198 Å². The van der Waals surface area contributed by atoms with E-state index in [1.165, 1.54) is 10.6 Å². The first-order valence-electron chi connectivity index (χ1n) is 11.2. The number of carbonyl (C=O) groups is 1. The molecule has 4 heterocycles. The SMILES string of the molecule is Cc1cn(-c2ccc3n(c2=O)CCN([C@@H](C)COc2ccc(F)c4c2CC(F)(F)CO4)C3=O)cn1. The van der Waals surface area contributed by atoms with Gasteiger partial charge in [0.25, 0.3) is 17.4 Å². The summed E-state index contributed by atoms with van der Waals surface area (Å²) in [6.45, 7) is 3.24. The minimum absolute atomic E-state index is 0.00792. The number of aryl methyl sites for hydroxylation is 1. The number of carbonyl (C=O) groups excluding carboxylic acids is 1. The van der Waals surface area contributed by atoms with Crippen LogP contribution in [0, 0.1) is 12.7 Å². The normalized spacial score (nSPS) is 17.4. The lowest BCUT2D eigenvalue weighted by atomic mass is 10.0. The first kappa shape index (κ1) is 23.0. The number of rotatable bonds is 5. The van der Waals surface area contributed by atoms with Crippen molar-refractivity contribution in [3.63, 3.8) is 0 Å². The molecule has 1 aromatic carbocycles. The van der Waals surface area contributed by atoms with E-state index in [0.717, 1.165) is 11.8 Å². The molecule has 3 aromatic rings. The Balaban J connectivity index is 1.33. The fourth-order valence-electron chi connectivity index (χ4n) is 4.43. The van der Waals surface area contributed by atoms with Crippen LogP contribution >= 0.6 is 0 Å². The van der Waals surface area contributed by atoms with Gasteiger partial charge in [0.1, 0.15) is 23.7 Å². The summed E-state index contributed by atoms with van der Waals surface area (Å²) in [5.41, 5.74) is 1.09. The quantitative estimate of drug-likeness (QED) is 0.552. The molecule has 0 radical (unpaired) electrons. The van der Waals surface area contributed by atoms with E-state index in [1.807, 2.05) is 6.92 Å². The van der Waals surface area contributed by atoms with Crippen LogP contribution in [-0.4, -0.2) is 56.6 Å². The van der Waals surface area contributed by atoms with E-state index in [4.69, 9.17) is 9.47 Å². The molecule has 0 saturated heterocycles. The minimum atomic E-state index is -3.13. The Bertz CT molecular complexity index is 1370. The van der Waals surface area contributed by atoms with Gasteiger partial charge in [0.2, 0.25) is 0 Å². The summed E-state index contributed by atoms with van der Waals surface area (Å²) in [5, 5.41) is 0. The highest BCUT2D eigenvalue weighted by atomic mass is 19.3. The molecule has 0 aliphatic carbocycles. The second-order valence-corrected chi connectivity index (χ2v) is 8.82. The zero-order chi connectivity index (χ0) is 24.9. The summed E-state index contributed by atoms with van der Waals surface area (Å²) in [7, 11) is 0. The molecule has 8 nitrogen and oxygen atoms in total. The smallest absolute Gasteiger partial charge is 0.285 e. The van der Waals surface area contributed by atoms with Gasteiger partial charge in [-0.2, -0.15) is 0 Å². The number of halogens is 3. The van der Waals surface area contributed by atoms with Crippen LogP contribution < -0.4 is 15.0 Å². The average Bonchev–Trinajstić information content (AvgIpc) is 3.24. The molecule has 2 aliphatic rings. The summed E-state index contributed by atoms with van der Waals surface area (Å²) >= 11 is 0. The number of hydrogen-bond donors (Lipinski definition) is 0. The molecule has 0 fully saturated rings. The summed E-state index contributed by atoms with van der Waals surface area (Å²) in [4.78, 5) is 31.8. The molecule has 11 heteroatoms. The van der Waals surface area contributed by atoms with Crippen molar-refractivity contribution in [2.75, 3.05) is 19.8 Å². The van der Waals surface area contributed by atoms with Gasteiger partial charge >= 0.3 is 0 Å². The molecule has 0 bridgehead atoms. The van der Waals surface area contributed by atoms with Crippen LogP contribution in [0.25, 0.3) is 5.69 Å². The van der Waals surface area contributed by atoms with Crippen molar-refractivity contribution in [2.45, 2.75) is 38.8 Å². The standard InChI is InChI=1S/C24H23F3N4O4/c1-14-10-29(13-28-14)18-4-5-19-23(33)30(7-8-31(19)22(18)32)15(2)11-34-20-6-3-17(25)21-16(20)9-24(26,27)12-35-21/h3-6,10,13,15H,7-9,11-12H2,1-2H3/t15-/m0/s1. The van der Waals surface area contributed by atoms with Crippen molar-refractivity contribution in [1.29, 1.82) is 0 Å². The molecule has 1 amide bonds. The second-order valence-electron chi connectivity index (χ2n) is 8.82. The maximum Gasteiger partial charge on any atom is 0.285 e. The topological polar surface area (TPSA) is 78.6 Å². The number of hydrogen-bond acceptors (Lipinski definition) is 5. The molecule has 2 aliphatic heterocycles. The molecule has 5 rings (SSSR count). The number of alkyl halides is 2. The summed E-state index contributed by atoms with van der Waals surface area (Å²) in [6.07, 6.45) is 2.58. The largest absolute Gasteiger partial charge is 0.491 e. The van der Waals surface area contributed by atoms with Gasteiger partial charge in [-0.3, -0.25) is 9.59 Å². The Morgan fingerprint density at radius 1 is 1.20 bits per heavy atom. The highest BCUT2D eigenvalue weighted by Crippen LogP contribution is 2.40. The third kappa shape index (κ3) is 4.15. The van der Waals surface area contributed by atoms with Crippen molar-refractivity contribution in [1.82, 2.24) is 19.0 Å². The minimum Gasteiger partial charge on any atom is -0.491 e. The highest BCUT2D eigenvalue weighted by Gasteiger charge is 2.39. The summed E-state index contributed by atoms with van der Waals surface area (Å²) in [5.74, 6) is -4.33. The van der Waals surface area contributed by atoms with Crippen LogP contribution in [0.4, 0.5) is 13.2 Å². The first-order chi connectivity index (χ1) is 16.6. The molecular weight excluding hydrogens is 465 g/mol. The number of fused-ring (bicyclic) bond motifs is 2. The predicted molar refractivity (Wildman–Crippen MR) is 119 cm³/mol. The molecule has 0 unspecified atom stereocenters. The lowest BCUT2D eigenvalue weighted by Gasteiger charge is -2.34. The van der Waals surface area contributed by atoms with Gasteiger partial charge < -0.3 is 23.5 Å². The molecular formula is C24H23F3N4O4. The van der Waals surface area contributed by atoms with E-state index in [-0.39, 0.29) is 53.9 Å².